The Morgan fingerprint density at radius 3 is 2.49 bits per heavy atom. The van der Waals surface area contributed by atoms with Crippen molar-refractivity contribution >= 4 is 23.4 Å². The van der Waals surface area contributed by atoms with Gasteiger partial charge >= 0.3 is 6.09 Å². The van der Waals surface area contributed by atoms with Crippen molar-refractivity contribution in [3.05, 3.63) is 51.6 Å². The predicted octanol–water partition coefficient (Wildman–Crippen LogP) is -0.358. The molecule has 1 aliphatic heterocycles. The monoisotopic (exact) mass is 602 g/mol. The third kappa shape index (κ3) is 4.99. The number of phenolic OH excluding ortho intramolecular Hbond substituents is 2. The molecule has 1 fully saturated rings. The van der Waals surface area contributed by atoms with E-state index in [1.165, 1.54) is 32.2 Å². The lowest BCUT2D eigenvalue weighted by molar-refractivity contribution is -0.255. The van der Waals surface area contributed by atoms with Gasteiger partial charge in [0, 0.05) is 36.0 Å². The van der Waals surface area contributed by atoms with E-state index in [1.54, 1.807) is 0 Å². The summed E-state index contributed by atoms with van der Waals surface area (Å²) < 4.78 is 17.1. The number of aliphatic hydroxyl groups excluding tert-OH is 2. The van der Waals surface area contributed by atoms with Gasteiger partial charge in [-0.3, -0.25) is 14.4 Å². The summed E-state index contributed by atoms with van der Waals surface area (Å²) >= 11 is 0. The predicted molar refractivity (Wildman–Crippen MR) is 141 cm³/mol. The van der Waals surface area contributed by atoms with Gasteiger partial charge in [0.05, 0.1) is 48.2 Å². The number of methoxy groups -OCH3 is 1. The van der Waals surface area contributed by atoms with E-state index in [2.05, 4.69) is 10.3 Å². The van der Waals surface area contributed by atoms with Gasteiger partial charge in [0.15, 0.2) is 17.9 Å². The number of nitrogens with two attached hydrogens (primary N) is 1. The van der Waals surface area contributed by atoms with Crippen molar-refractivity contribution in [3.63, 3.8) is 0 Å². The first kappa shape index (κ1) is 30.3. The third-order valence-corrected chi connectivity index (χ3v) is 8.07. The molecular formula is C28H30N2O13. The number of carbonyl (C=O) groups is 4. The smallest absolute Gasteiger partial charge is 0.423 e. The highest BCUT2D eigenvalue weighted by Crippen LogP contribution is 2.52. The highest BCUT2D eigenvalue weighted by Gasteiger charge is 2.50. The van der Waals surface area contributed by atoms with Crippen LogP contribution in [0.2, 0.25) is 0 Å². The fourth-order valence-electron chi connectivity index (χ4n) is 5.97. The topological polar surface area (TPSA) is 244 Å². The van der Waals surface area contributed by atoms with Crippen molar-refractivity contribution < 1.29 is 63.8 Å². The fraction of sp³-hybridized carbons (Fsp3) is 0.429. The second kappa shape index (κ2) is 11.2. The molecular weight excluding hydrogens is 572 g/mol. The van der Waals surface area contributed by atoms with Crippen molar-refractivity contribution in [3.8, 4) is 17.2 Å². The number of ketones is 3. The van der Waals surface area contributed by atoms with Gasteiger partial charge in [0.2, 0.25) is 5.78 Å². The number of carbonyl (C=O) groups excluding carboxylic acids is 4. The average Bonchev–Trinajstić information content (AvgIpc) is 2.97. The average molecular weight is 603 g/mol. The number of nitrogens with one attached hydrogen (secondary N) is 1. The number of amides is 1. The second-order valence-corrected chi connectivity index (χ2v) is 10.6. The molecule has 2 aliphatic carbocycles. The molecule has 2 aromatic rings. The maximum absolute atomic E-state index is 13.7. The fourth-order valence-corrected chi connectivity index (χ4v) is 5.97. The Hall–Kier alpha value is -4.12. The van der Waals surface area contributed by atoms with Gasteiger partial charge in [-0.15, -0.1) is 5.48 Å². The molecule has 15 nitrogen and oxygen atoms in total. The maximum atomic E-state index is 13.7. The van der Waals surface area contributed by atoms with Crippen molar-refractivity contribution in [2.45, 2.75) is 62.4 Å². The van der Waals surface area contributed by atoms with Crippen molar-refractivity contribution in [1.82, 2.24) is 5.48 Å². The molecule has 0 aromatic heterocycles. The number of fused-ring (bicyclic) bond motifs is 3. The summed E-state index contributed by atoms with van der Waals surface area (Å²) in [6.45, 7) is 0.425. The van der Waals surface area contributed by atoms with Crippen LogP contribution in [0.15, 0.2) is 18.2 Å². The quantitative estimate of drug-likeness (QED) is 0.135. The molecule has 4 unspecified atom stereocenters. The lowest BCUT2D eigenvalue weighted by Gasteiger charge is -2.42. The largest absolute Gasteiger partial charge is 0.507 e. The van der Waals surface area contributed by atoms with Gasteiger partial charge in [-0.2, -0.15) is 0 Å². The zero-order valence-corrected chi connectivity index (χ0v) is 23.0. The number of aromatic hydroxyl groups is 2. The van der Waals surface area contributed by atoms with Gasteiger partial charge in [-0.25, -0.2) is 4.79 Å². The Labute approximate surface area is 243 Å². The minimum Gasteiger partial charge on any atom is -0.507 e. The molecule has 8 N–H and O–H groups in total. The Balaban J connectivity index is 1.62. The zero-order chi connectivity index (χ0) is 31.4. The molecule has 3 aliphatic rings. The number of phenols is 2. The SMILES string of the molecule is COc1cccc2c1C(=O)c1c(O)c3c(c(O)c1C2=O)C[C@@](O)(C(=O)CO)C[C@@H]3OC1CC(NOC(N)=O)C(O)C(C)O1. The third-order valence-electron chi connectivity index (χ3n) is 8.07. The van der Waals surface area contributed by atoms with Gasteiger partial charge in [-0.05, 0) is 13.0 Å². The van der Waals surface area contributed by atoms with Crippen LogP contribution in [-0.4, -0.2) is 92.8 Å². The zero-order valence-electron chi connectivity index (χ0n) is 23.0. The summed E-state index contributed by atoms with van der Waals surface area (Å²) in [5.41, 5.74) is 3.30. The molecule has 0 bridgehead atoms. The highest BCUT2D eigenvalue weighted by molar-refractivity contribution is 6.31. The Morgan fingerprint density at radius 2 is 1.84 bits per heavy atom. The van der Waals surface area contributed by atoms with Crippen LogP contribution in [0.3, 0.4) is 0 Å². The van der Waals surface area contributed by atoms with E-state index in [0.29, 0.717) is 0 Å². The molecule has 1 heterocycles. The first-order chi connectivity index (χ1) is 20.3. The molecule has 43 heavy (non-hydrogen) atoms. The number of Topliss-reactive ketones (excluding diaryl/α,β-unsaturated/α-hetero) is 1. The summed E-state index contributed by atoms with van der Waals surface area (Å²) in [6.07, 6.45) is -7.29. The van der Waals surface area contributed by atoms with Gasteiger partial charge in [-0.1, -0.05) is 12.1 Å². The number of primary amides is 1. The molecule has 0 spiro atoms. The van der Waals surface area contributed by atoms with Gasteiger partial charge < -0.3 is 50.3 Å². The normalized spacial score (nSPS) is 28.0. The van der Waals surface area contributed by atoms with E-state index in [4.69, 9.17) is 19.9 Å². The van der Waals surface area contributed by atoms with E-state index in [9.17, 15) is 44.7 Å². The summed E-state index contributed by atoms with van der Waals surface area (Å²) in [5.74, 6) is -4.06. The molecule has 1 amide bonds. The molecule has 0 saturated carbocycles. The summed E-state index contributed by atoms with van der Waals surface area (Å²) in [7, 11) is 1.30. The number of ether oxygens (including phenoxy) is 3. The van der Waals surface area contributed by atoms with Crippen LogP contribution in [0.5, 0.6) is 17.2 Å². The van der Waals surface area contributed by atoms with E-state index < -0.39 is 102 Å². The summed E-state index contributed by atoms with van der Waals surface area (Å²) in [4.78, 5) is 55.7. The second-order valence-electron chi connectivity index (χ2n) is 10.6. The molecule has 15 heteroatoms. The number of rotatable bonds is 7. The van der Waals surface area contributed by atoms with Gasteiger partial charge in [0.1, 0.15) is 29.5 Å². The molecule has 5 rings (SSSR count). The maximum Gasteiger partial charge on any atom is 0.423 e. The lowest BCUT2D eigenvalue weighted by Crippen LogP contribution is -2.55. The lowest BCUT2D eigenvalue weighted by atomic mass is 9.72. The van der Waals surface area contributed by atoms with Crippen molar-refractivity contribution in [2.75, 3.05) is 13.7 Å². The standard InChI is InChI=1S/C28H30N2O13/c1-10-22(33)13(30-43-27(29)38)6-17(41-10)42-15-8-28(39,16(32)9-31)7-12-19(15)26(37)21-20(24(12)35)23(34)11-4-3-5-14(40-2)18(11)25(21)36/h3-5,10,13,15,17,22,30-31,33,35,37,39H,6-9H2,1-2H3,(H2,29,38)/t10?,13?,15-,17?,22?,28-/m0/s1. The van der Waals surface area contributed by atoms with Crippen LogP contribution in [-0.2, 0) is 25.5 Å². The Kier molecular flexibility index (Phi) is 7.89. The number of hydroxylamine groups is 1. The van der Waals surface area contributed by atoms with Crippen LogP contribution < -0.4 is 16.0 Å². The van der Waals surface area contributed by atoms with E-state index in [0.717, 1.165) is 0 Å². The highest BCUT2D eigenvalue weighted by atomic mass is 16.7. The Bertz CT molecular complexity index is 1520. The number of benzene rings is 2. The van der Waals surface area contributed by atoms with Crippen LogP contribution in [0.1, 0.15) is 68.8 Å². The van der Waals surface area contributed by atoms with Crippen LogP contribution in [0.4, 0.5) is 4.79 Å². The number of aliphatic hydroxyl groups is 3. The molecule has 2 aromatic carbocycles. The minimum absolute atomic E-state index is 0.0636. The van der Waals surface area contributed by atoms with Crippen molar-refractivity contribution in [2.24, 2.45) is 5.73 Å². The number of hydrogen-bond donors (Lipinski definition) is 7. The number of hydrogen-bond acceptors (Lipinski definition) is 14. The molecule has 230 valence electrons. The first-order valence-electron chi connectivity index (χ1n) is 13.3. The summed E-state index contributed by atoms with van der Waals surface area (Å²) in [5, 5.41) is 54.3. The first-order valence-corrected chi connectivity index (χ1v) is 13.3. The van der Waals surface area contributed by atoms with E-state index in [-0.39, 0.29) is 34.4 Å². The van der Waals surface area contributed by atoms with Crippen LogP contribution in [0, 0.1) is 0 Å². The van der Waals surface area contributed by atoms with E-state index >= 15 is 0 Å². The van der Waals surface area contributed by atoms with Crippen molar-refractivity contribution in [1.29, 1.82) is 0 Å². The molecule has 1 saturated heterocycles. The summed E-state index contributed by atoms with van der Waals surface area (Å²) in [6, 6.07) is 3.34. The van der Waals surface area contributed by atoms with Crippen LogP contribution >= 0.6 is 0 Å². The van der Waals surface area contributed by atoms with Gasteiger partial charge in [0.25, 0.3) is 0 Å². The minimum atomic E-state index is -2.32. The molecule has 0 radical (unpaired) electrons. The van der Waals surface area contributed by atoms with E-state index in [1.807, 2.05) is 0 Å². The Morgan fingerprint density at radius 1 is 1.14 bits per heavy atom. The van der Waals surface area contributed by atoms with Crippen LogP contribution in [0.25, 0.3) is 0 Å². The molecule has 6 atom stereocenters.